The maximum Gasteiger partial charge on any atom is 0.338 e. The Balaban J connectivity index is 1.63. The molecule has 0 radical (unpaired) electrons. The summed E-state index contributed by atoms with van der Waals surface area (Å²) in [7, 11) is 1.54. The van der Waals surface area contributed by atoms with Crippen molar-refractivity contribution in [3.63, 3.8) is 0 Å². The van der Waals surface area contributed by atoms with Gasteiger partial charge in [-0.05, 0) is 67.9 Å². The van der Waals surface area contributed by atoms with Gasteiger partial charge in [0, 0.05) is 12.1 Å². The van der Waals surface area contributed by atoms with Crippen molar-refractivity contribution in [2.75, 3.05) is 18.6 Å². The van der Waals surface area contributed by atoms with Crippen LogP contribution >= 0.6 is 0 Å². The molecule has 1 heterocycles. The highest BCUT2D eigenvalue weighted by Crippen LogP contribution is 2.28. The minimum Gasteiger partial charge on any atom is -0.497 e. The smallest absolute Gasteiger partial charge is 0.338 e. The summed E-state index contributed by atoms with van der Waals surface area (Å²) in [6.45, 7) is 4.08. The van der Waals surface area contributed by atoms with Crippen molar-refractivity contribution < 1.29 is 28.7 Å². The molecule has 4 rings (SSSR count). The number of hydrogen-bond acceptors (Lipinski definition) is 6. The van der Waals surface area contributed by atoms with Gasteiger partial charge in [0.25, 0.3) is 11.8 Å². The molecule has 0 aliphatic carbocycles. The number of carbonyl (C=O) groups is 4. The number of anilines is 1. The third kappa shape index (κ3) is 5.53. The molecule has 0 spiro atoms. The molecule has 1 atom stereocenters. The fourth-order valence-corrected chi connectivity index (χ4v) is 4.20. The summed E-state index contributed by atoms with van der Waals surface area (Å²) in [6.07, 6.45) is -0.147. The fraction of sp³-hybridized carbons (Fsp3) is 0.241. The molecule has 1 fully saturated rings. The van der Waals surface area contributed by atoms with E-state index in [4.69, 9.17) is 9.47 Å². The molecule has 190 valence electrons. The van der Waals surface area contributed by atoms with Crippen LogP contribution in [0.25, 0.3) is 0 Å². The lowest BCUT2D eigenvalue weighted by molar-refractivity contribution is -0.122. The standard InChI is InChI=1S/C29H28N2O6/c1-4-37-29(35)22-9-13-23(14-10-22)31-26(32)17-25(28(31)34)30(18-20-7-5-19(2)6-8-20)27(33)21-11-15-24(36-3)16-12-21/h5-16,25H,4,17-18H2,1-3H3. The molecule has 1 aliphatic heterocycles. The first-order chi connectivity index (χ1) is 17.8. The SMILES string of the molecule is CCOC(=O)c1ccc(N2C(=O)CC(N(Cc3ccc(C)cc3)C(=O)c3ccc(OC)cc3)C2=O)cc1. The van der Waals surface area contributed by atoms with Crippen molar-refractivity contribution in [2.24, 2.45) is 0 Å². The topological polar surface area (TPSA) is 93.2 Å². The van der Waals surface area contributed by atoms with Crippen LogP contribution in [0.2, 0.25) is 0 Å². The van der Waals surface area contributed by atoms with E-state index in [-0.39, 0.29) is 25.5 Å². The fourth-order valence-electron chi connectivity index (χ4n) is 4.20. The highest BCUT2D eigenvalue weighted by atomic mass is 16.5. The number of nitrogens with zero attached hydrogens (tertiary/aromatic N) is 2. The summed E-state index contributed by atoms with van der Waals surface area (Å²) < 4.78 is 10.2. The van der Waals surface area contributed by atoms with Gasteiger partial charge in [-0.3, -0.25) is 14.4 Å². The number of imide groups is 1. The number of carbonyl (C=O) groups excluding carboxylic acids is 4. The van der Waals surface area contributed by atoms with E-state index in [1.54, 1.807) is 31.2 Å². The molecule has 0 N–H and O–H groups in total. The number of rotatable bonds is 8. The maximum absolute atomic E-state index is 13.6. The summed E-state index contributed by atoms with van der Waals surface area (Å²) in [4.78, 5) is 54.7. The molecule has 37 heavy (non-hydrogen) atoms. The van der Waals surface area contributed by atoms with Gasteiger partial charge in [0.15, 0.2) is 0 Å². The zero-order valence-electron chi connectivity index (χ0n) is 21.0. The van der Waals surface area contributed by atoms with E-state index in [1.807, 2.05) is 31.2 Å². The number of hydrogen-bond donors (Lipinski definition) is 0. The van der Waals surface area contributed by atoms with Gasteiger partial charge >= 0.3 is 5.97 Å². The minimum absolute atomic E-state index is 0.147. The molecule has 8 heteroatoms. The van der Waals surface area contributed by atoms with Gasteiger partial charge in [0.05, 0.1) is 31.4 Å². The van der Waals surface area contributed by atoms with E-state index in [0.29, 0.717) is 22.6 Å². The normalized spacial score (nSPS) is 15.0. The lowest BCUT2D eigenvalue weighted by atomic mass is 10.1. The predicted molar refractivity (Wildman–Crippen MR) is 137 cm³/mol. The molecule has 8 nitrogen and oxygen atoms in total. The highest BCUT2D eigenvalue weighted by molar-refractivity contribution is 6.23. The first kappa shape index (κ1) is 25.6. The molecule has 1 saturated heterocycles. The van der Waals surface area contributed by atoms with Gasteiger partial charge in [0.2, 0.25) is 5.91 Å². The summed E-state index contributed by atoms with van der Waals surface area (Å²) in [5.41, 5.74) is 2.94. The largest absolute Gasteiger partial charge is 0.497 e. The van der Waals surface area contributed by atoms with Gasteiger partial charge in [-0.2, -0.15) is 0 Å². The molecular formula is C29H28N2O6. The van der Waals surface area contributed by atoms with Crippen molar-refractivity contribution in [3.05, 3.63) is 95.1 Å². The third-order valence-corrected chi connectivity index (χ3v) is 6.21. The Morgan fingerprint density at radius 1 is 0.919 bits per heavy atom. The van der Waals surface area contributed by atoms with Crippen LogP contribution in [0.3, 0.4) is 0 Å². The van der Waals surface area contributed by atoms with E-state index in [9.17, 15) is 19.2 Å². The van der Waals surface area contributed by atoms with E-state index < -0.39 is 23.8 Å². The summed E-state index contributed by atoms with van der Waals surface area (Å²) in [6, 6.07) is 19.4. The van der Waals surface area contributed by atoms with Gasteiger partial charge in [-0.25, -0.2) is 9.69 Å². The number of aryl methyl sites for hydroxylation is 1. The average Bonchev–Trinajstić information content (AvgIpc) is 3.21. The molecule has 0 bridgehead atoms. The number of benzene rings is 3. The molecule has 3 aromatic carbocycles. The van der Waals surface area contributed by atoms with Crippen molar-refractivity contribution in [1.82, 2.24) is 4.90 Å². The predicted octanol–water partition coefficient (Wildman–Crippen LogP) is 4.15. The first-order valence-electron chi connectivity index (χ1n) is 12.0. The summed E-state index contributed by atoms with van der Waals surface area (Å²) >= 11 is 0. The van der Waals surface area contributed by atoms with Crippen molar-refractivity contribution in [1.29, 1.82) is 0 Å². The number of esters is 1. The third-order valence-electron chi connectivity index (χ3n) is 6.21. The van der Waals surface area contributed by atoms with E-state index in [2.05, 4.69) is 0 Å². The second-order valence-electron chi connectivity index (χ2n) is 8.70. The lowest BCUT2D eigenvalue weighted by Gasteiger charge is -2.28. The van der Waals surface area contributed by atoms with Crippen LogP contribution in [0.4, 0.5) is 5.69 Å². The Labute approximate surface area is 215 Å². The van der Waals surface area contributed by atoms with Gasteiger partial charge in [-0.1, -0.05) is 29.8 Å². The van der Waals surface area contributed by atoms with Crippen LogP contribution in [-0.2, 0) is 20.9 Å². The molecule has 1 unspecified atom stereocenters. The monoisotopic (exact) mass is 500 g/mol. The zero-order chi connectivity index (χ0) is 26.5. The molecule has 3 aromatic rings. The highest BCUT2D eigenvalue weighted by Gasteiger charge is 2.44. The van der Waals surface area contributed by atoms with Crippen LogP contribution in [0.1, 0.15) is 45.2 Å². The van der Waals surface area contributed by atoms with Gasteiger partial charge < -0.3 is 14.4 Å². The summed E-state index contributed by atoms with van der Waals surface area (Å²) in [5.74, 6) is -1.17. The average molecular weight is 501 g/mol. The zero-order valence-corrected chi connectivity index (χ0v) is 21.0. The van der Waals surface area contributed by atoms with E-state index in [0.717, 1.165) is 16.0 Å². The molecule has 3 amide bonds. The van der Waals surface area contributed by atoms with Gasteiger partial charge in [0.1, 0.15) is 11.8 Å². The second kappa shape index (κ2) is 11.1. The Kier molecular flexibility index (Phi) is 7.67. The maximum atomic E-state index is 13.6. The number of methoxy groups -OCH3 is 1. The minimum atomic E-state index is -0.979. The molecule has 1 aliphatic rings. The van der Waals surface area contributed by atoms with E-state index in [1.165, 1.54) is 36.3 Å². The van der Waals surface area contributed by atoms with Gasteiger partial charge in [-0.15, -0.1) is 0 Å². The molecule has 0 saturated carbocycles. The molecular weight excluding hydrogens is 472 g/mol. The number of ether oxygens (including phenoxy) is 2. The quantitative estimate of drug-likeness (QED) is 0.341. The first-order valence-corrected chi connectivity index (χ1v) is 12.0. The van der Waals surface area contributed by atoms with Crippen LogP contribution < -0.4 is 9.64 Å². The van der Waals surface area contributed by atoms with Crippen LogP contribution in [0.5, 0.6) is 5.75 Å². The van der Waals surface area contributed by atoms with Crippen LogP contribution in [0.15, 0.2) is 72.8 Å². The van der Waals surface area contributed by atoms with E-state index >= 15 is 0 Å². The van der Waals surface area contributed by atoms with Crippen LogP contribution in [0, 0.1) is 6.92 Å². The van der Waals surface area contributed by atoms with Crippen molar-refractivity contribution in [3.8, 4) is 5.75 Å². The Bertz CT molecular complexity index is 1300. The number of amides is 3. The van der Waals surface area contributed by atoms with Crippen LogP contribution in [-0.4, -0.2) is 48.3 Å². The Morgan fingerprint density at radius 2 is 1.54 bits per heavy atom. The molecule has 0 aromatic heterocycles. The Morgan fingerprint density at radius 3 is 2.14 bits per heavy atom. The van der Waals surface area contributed by atoms with Crippen molar-refractivity contribution in [2.45, 2.75) is 32.9 Å². The summed E-state index contributed by atoms with van der Waals surface area (Å²) in [5, 5.41) is 0. The van der Waals surface area contributed by atoms with Crippen molar-refractivity contribution >= 4 is 29.4 Å². The lowest BCUT2D eigenvalue weighted by Crippen LogP contribution is -2.45. The second-order valence-corrected chi connectivity index (χ2v) is 8.70. The Hall–Kier alpha value is -4.46.